The second kappa shape index (κ2) is 25.9. The lowest BCUT2D eigenvalue weighted by atomic mass is 9.46. The first kappa shape index (κ1) is 60.3. The van der Waals surface area contributed by atoms with Gasteiger partial charge in [0.1, 0.15) is 18.2 Å². The summed E-state index contributed by atoms with van der Waals surface area (Å²) in [7, 11) is -1.18. The summed E-state index contributed by atoms with van der Waals surface area (Å²) < 4.78 is 43.1. The summed E-state index contributed by atoms with van der Waals surface area (Å²) in [5, 5.41) is 26.8. The Morgan fingerprint density at radius 3 is 2.42 bits per heavy atom. The molecule has 1 saturated heterocycles. The topological polar surface area (TPSA) is 207 Å². The molecule has 1 unspecified atom stereocenters. The van der Waals surface area contributed by atoms with Crippen molar-refractivity contribution in [3.63, 3.8) is 0 Å². The fourth-order valence-electron chi connectivity index (χ4n) is 14.5. The summed E-state index contributed by atoms with van der Waals surface area (Å²) in [5.41, 5.74) is 0.681. The van der Waals surface area contributed by atoms with E-state index < -0.39 is 67.3 Å². The van der Waals surface area contributed by atoms with Gasteiger partial charge in [-0.15, -0.1) is 0 Å². The molecule has 5 aliphatic carbocycles. The van der Waals surface area contributed by atoms with Crippen LogP contribution in [0.2, 0.25) is 0 Å². The third-order valence-corrected chi connectivity index (χ3v) is 18.5. The van der Waals surface area contributed by atoms with Crippen LogP contribution in [-0.2, 0) is 50.9 Å². The fourth-order valence-corrected chi connectivity index (χ4v) is 15.0. The zero-order chi connectivity index (χ0) is 53.6. The summed E-state index contributed by atoms with van der Waals surface area (Å²) in [6.07, 6.45) is 17.4. The van der Waals surface area contributed by atoms with Gasteiger partial charge in [-0.2, -0.15) is 0 Å². The van der Waals surface area contributed by atoms with Gasteiger partial charge in [0.05, 0.1) is 39.0 Å². The van der Waals surface area contributed by atoms with Gasteiger partial charge in [-0.25, -0.2) is 4.57 Å². The van der Waals surface area contributed by atoms with E-state index in [-0.39, 0.29) is 77.5 Å². The number of fused-ring (bicyclic) bond motifs is 7. The van der Waals surface area contributed by atoms with E-state index in [1.54, 1.807) is 31.2 Å². The standard InChI is InChI=1S/C59H85N2O13P.ClH/c1-40(37-61(4,5)38-44-32-43(23-26-51(44)74-75(67,68)69)50(64)36-60-29-15-6-7-16-30-70-31-17-14-20-41-18-10-8-11-19-41)55(66)71-39-52(65)59-53(72-56(73-59)42-21-12-9-13-22-42)34-48-47-25-24-45-33-46(62)27-28-57(45,2)54(47)49(63)35-58(48,59)3;/h8,10-11,18-19,23,26-28,32-33,40,42,47-50,53-54,56,60,63-64H,6-7,9,12-17,20-22,24-25,29-31,34-39H2,1-5H3,(H-,67,68,69);1H/t40-,47+,48+,49+,50?,53-,54-,56-,57+,58+,59-;/m1./s1. The van der Waals surface area contributed by atoms with Crippen molar-refractivity contribution in [2.45, 2.75) is 160 Å². The van der Waals surface area contributed by atoms with E-state index in [9.17, 15) is 34.2 Å². The average molecular weight is 1100 g/mol. The number of hydrogen-bond donors (Lipinski definition) is 5. The number of nitrogens with one attached hydrogen (secondary N) is 1. The maximum Gasteiger partial charge on any atom is 0.524 e. The molecule has 4 saturated carbocycles. The number of halogens is 1. The molecule has 5 N–H and O–H groups in total. The number of aryl methyl sites for hydroxylation is 1. The number of phosphoric ester groups is 1. The van der Waals surface area contributed by atoms with Crippen LogP contribution in [0.4, 0.5) is 0 Å². The summed E-state index contributed by atoms with van der Waals surface area (Å²) in [6.45, 7) is 8.37. The Labute approximate surface area is 457 Å². The van der Waals surface area contributed by atoms with Crippen LogP contribution in [0.1, 0.15) is 140 Å². The van der Waals surface area contributed by atoms with Gasteiger partial charge in [-0.1, -0.05) is 94.0 Å². The van der Waals surface area contributed by atoms with Crippen LogP contribution in [0.25, 0.3) is 0 Å². The first-order valence-electron chi connectivity index (χ1n) is 28.1. The minimum atomic E-state index is -4.94. The molecule has 6 aliphatic rings. The van der Waals surface area contributed by atoms with Gasteiger partial charge < -0.3 is 55.9 Å². The molecule has 5 fully saturated rings. The lowest BCUT2D eigenvalue weighted by Crippen LogP contribution is -3.00. The highest BCUT2D eigenvalue weighted by Crippen LogP contribution is 2.70. The summed E-state index contributed by atoms with van der Waals surface area (Å²) >= 11 is 0. The normalized spacial score (nSPS) is 30.0. The largest absolute Gasteiger partial charge is 1.00 e. The monoisotopic (exact) mass is 1100 g/mol. The number of carbonyl (C=O) groups is 3. The number of aliphatic hydroxyl groups is 2. The van der Waals surface area contributed by atoms with Gasteiger partial charge in [-0.05, 0) is 131 Å². The molecule has 2 aromatic carbocycles. The zero-order valence-corrected chi connectivity index (χ0v) is 47.2. The molecule has 422 valence electrons. The number of ether oxygens (including phenoxy) is 4. The number of aliphatic hydroxyl groups excluding tert-OH is 2. The van der Waals surface area contributed by atoms with Gasteiger partial charge in [0.2, 0.25) is 5.78 Å². The Morgan fingerprint density at radius 1 is 0.961 bits per heavy atom. The van der Waals surface area contributed by atoms with Crippen molar-refractivity contribution < 1.29 is 79.3 Å². The highest BCUT2D eigenvalue weighted by Gasteiger charge is 2.76. The summed E-state index contributed by atoms with van der Waals surface area (Å²) in [6, 6.07) is 15.3. The van der Waals surface area contributed by atoms with E-state index in [1.807, 2.05) is 26.2 Å². The number of phosphoric acid groups is 1. The van der Waals surface area contributed by atoms with Crippen LogP contribution in [0.15, 0.2) is 72.3 Å². The SMILES string of the molecule is C[C@H](C[N+](C)(C)Cc1cc(C(O)CNCCCCCCOCCCCc2ccccc2)ccc1OP(=O)(O)O)C(=O)OCC(=O)[C@@]12O[C@H](C3CCCCC3)O[C@@H]1C[C@H]1[C@@H]3CCC4=CC(=O)C=C[C@]4(C)[C@H]3[C@@H](O)C[C@@]12C.[Cl-]. The first-order chi connectivity index (χ1) is 35.7. The van der Waals surface area contributed by atoms with Gasteiger partial charge in [0.25, 0.3) is 0 Å². The van der Waals surface area contributed by atoms with Crippen molar-refractivity contribution in [2.24, 2.45) is 40.4 Å². The number of carbonyl (C=O) groups excluding carboxylic acids is 3. The highest BCUT2D eigenvalue weighted by molar-refractivity contribution is 7.46. The van der Waals surface area contributed by atoms with E-state index in [2.05, 4.69) is 43.4 Å². The van der Waals surface area contributed by atoms with Crippen molar-refractivity contribution >= 4 is 25.4 Å². The Morgan fingerprint density at radius 2 is 1.68 bits per heavy atom. The third-order valence-electron chi connectivity index (χ3n) is 18.1. The fraction of sp³-hybridized carbons (Fsp3) is 0.678. The lowest BCUT2D eigenvalue weighted by molar-refractivity contribution is -0.905. The second-order valence-electron chi connectivity index (χ2n) is 24.0. The molecule has 17 heteroatoms. The van der Waals surface area contributed by atoms with Crippen LogP contribution in [0, 0.1) is 40.4 Å². The van der Waals surface area contributed by atoms with E-state index in [0.717, 1.165) is 115 Å². The van der Waals surface area contributed by atoms with Crippen LogP contribution >= 0.6 is 7.82 Å². The smallest absolute Gasteiger partial charge is 0.524 e. The molecule has 0 spiro atoms. The van der Waals surface area contributed by atoms with Gasteiger partial charge >= 0.3 is 13.8 Å². The molecule has 2 aromatic rings. The molecular formula is C59H86ClN2O13P. The van der Waals surface area contributed by atoms with Gasteiger partial charge in [-0.3, -0.25) is 24.2 Å². The van der Waals surface area contributed by atoms with E-state index in [4.69, 9.17) is 23.5 Å². The Kier molecular flexibility index (Phi) is 20.5. The molecule has 0 aromatic heterocycles. The quantitative estimate of drug-likeness (QED) is 0.0334. The molecule has 1 heterocycles. The molecule has 76 heavy (non-hydrogen) atoms. The average Bonchev–Trinajstić information content (AvgIpc) is 3.87. The number of unbranched alkanes of at least 4 members (excludes halogenated alkanes) is 4. The zero-order valence-electron chi connectivity index (χ0n) is 45.5. The number of benzene rings is 2. The predicted octanol–water partition coefficient (Wildman–Crippen LogP) is 5.66. The van der Waals surface area contributed by atoms with Crippen LogP contribution < -0.4 is 22.2 Å². The molecule has 8 rings (SSSR count). The first-order valence-corrected chi connectivity index (χ1v) is 29.6. The van der Waals surface area contributed by atoms with Crippen LogP contribution in [-0.4, -0.2) is 120 Å². The number of Topliss-reactive ketones (excluding diaryl/α,β-unsaturated/α-hetero) is 1. The number of nitrogens with zero attached hydrogens (tertiary/aromatic N) is 1. The number of allylic oxidation sites excluding steroid dienone is 4. The molecule has 11 atom stereocenters. The minimum Gasteiger partial charge on any atom is -1.00 e. The molecular weight excluding hydrogens is 1010 g/mol. The highest BCUT2D eigenvalue weighted by atomic mass is 35.5. The molecule has 1 aliphatic heterocycles. The third kappa shape index (κ3) is 13.8. The number of ketones is 2. The van der Waals surface area contributed by atoms with Crippen molar-refractivity contribution in [1.29, 1.82) is 0 Å². The van der Waals surface area contributed by atoms with Crippen molar-refractivity contribution in [2.75, 3.05) is 53.6 Å². The summed E-state index contributed by atoms with van der Waals surface area (Å²) in [4.78, 5) is 61.2. The Hall–Kier alpha value is -3.31. The minimum absolute atomic E-state index is 0. The summed E-state index contributed by atoms with van der Waals surface area (Å²) in [5.74, 6) is -1.65. The molecule has 0 radical (unpaired) electrons. The molecule has 0 amide bonds. The van der Waals surface area contributed by atoms with Crippen molar-refractivity contribution in [3.05, 3.63) is 89.0 Å². The van der Waals surface area contributed by atoms with Crippen LogP contribution in [0.3, 0.4) is 0 Å². The number of rotatable bonds is 26. The Bertz CT molecular complexity index is 2410. The second-order valence-corrected chi connectivity index (χ2v) is 25.2. The maximum absolute atomic E-state index is 15.1. The predicted molar refractivity (Wildman–Crippen MR) is 284 cm³/mol. The van der Waals surface area contributed by atoms with E-state index >= 15 is 4.79 Å². The number of quaternary nitrogens is 1. The van der Waals surface area contributed by atoms with Gasteiger partial charge in [0.15, 0.2) is 24.3 Å². The number of hydrogen-bond acceptors (Lipinski definition) is 12. The van der Waals surface area contributed by atoms with Crippen molar-refractivity contribution in [3.8, 4) is 5.75 Å². The Balaban J connectivity index is 0.00000840. The van der Waals surface area contributed by atoms with Gasteiger partial charge in [0, 0.05) is 48.0 Å². The number of esters is 1. The van der Waals surface area contributed by atoms with Crippen molar-refractivity contribution in [1.82, 2.24) is 5.32 Å². The van der Waals surface area contributed by atoms with E-state index in [0.29, 0.717) is 24.0 Å². The van der Waals surface area contributed by atoms with Crippen LogP contribution in [0.5, 0.6) is 5.75 Å². The lowest BCUT2D eigenvalue weighted by Gasteiger charge is -2.59. The van der Waals surface area contributed by atoms with E-state index in [1.165, 1.54) is 11.6 Å². The molecule has 15 nitrogen and oxygen atoms in total. The molecule has 0 bridgehead atoms. The maximum atomic E-state index is 15.1.